The molecule has 0 aromatic heterocycles. The zero-order chi connectivity index (χ0) is 14.3. The number of carbonyl (C=O) groups excluding carboxylic acids is 1. The number of hydrogen-bond donors (Lipinski definition) is 1. The van der Waals surface area contributed by atoms with Crippen LogP contribution in [0.3, 0.4) is 0 Å². The van der Waals surface area contributed by atoms with E-state index < -0.39 is 15.4 Å². The molecule has 19 heavy (non-hydrogen) atoms. The quantitative estimate of drug-likeness (QED) is 0.750. The smallest absolute Gasteiger partial charge is 0.230 e. The van der Waals surface area contributed by atoms with E-state index in [1.165, 1.54) is 10.6 Å². The Labute approximate surface area is 115 Å². The molecule has 2 N–H and O–H groups in total. The molecule has 1 aliphatic heterocycles. The van der Waals surface area contributed by atoms with Crippen LogP contribution in [-0.2, 0) is 14.8 Å². The average molecular weight is 289 g/mol. The number of nitrogens with zero attached hydrogens (tertiary/aromatic N) is 2. The molecule has 0 aromatic rings. The Bertz CT molecular complexity index is 457. The van der Waals surface area contributed by atoms with E-state index >= 15 is 0 Å². The Morgan fingerprint density at radius 2 is 1.84 bits per heavy atom. The number of carbonyl (C=O) groups is 1. The molecular formula is C12H23N3O3S. The van der Waals surface area contributed by atoms with E-state index in [2.05, 4.69) is 0 Å². The molecule has 0 spiro atoms. The van der Waals surface area contributed by atoms with Crippen molar-refractivity contribution >= 4 is 15.9 Å². The summed E-state index contributed by atoms with van der Waals surface area (Å²) in [6.07, 6.45) is 3.93. The Balaban J connectivity index is 2.00. The highest BCUT2D eigenvalue weighted by atomic mass is 32.2. The van der Waals surface area contributed by atoms with Crippen molar-refractivity contribution in [2.75, 3.05) is 32.4 Å². The van der Waals surface area contributed by atoms with Gasteiger partial charge in [-0.1, -0.05) is 6.42 Å². The van der Waals surface area contributed by atoms with E-state index in [1.54, 1.807) is 4.90 Å². The molecule has 1 saturated carbocycles. The van der Waals surface area contributed by atoms with Crippen LogP contribution in [0, 0.1) is 5.41 Å². The monoisotopic (exact) mass is 289 g/mol. The first-order chi connectivity index (χ1) is 8.75. The minimum atomic E-state index is -3.15. The summed E-state index contributed by atoms with van der Waals surface area (Å²) in [5.41, 5.74) is 5.60. The minimum absolute atomic E-state index is 0.0760. The van der Waals surface area contributed by atoms with Crippen LogP contribution in [0.4, 0.5) is 0 Å². The van der Waals surface area contributed by atoms with Crippen LogP contribution in [0.1, 0.15) is 26.2 Å². The normalized spacial score (nSPS) is 33.6. The van der Waals surface area contributed by atoms with Crippen molar-refractivity contribution in [3.8, 4) is 0 Å². The topological polar surface area (TPSA) is 83.7 Å². The molecule has 2 unspecified atom stereocenters. The number of amides is 1. The standard InChI is InChI=1S/C12H23N3O3S/c1-12(5-3-4-10(12)13)11(16)14-6-8-15(9-7-14)19(2,17)18/h10H,3-9,13H2,1-2H3. The lowest BCUT2D eigenvalue weighted by atomic mass is 9.83. The fraction of sp³-hybridized carbons (Fsp3) is 0.917. The molecule has 1 amide bonds. The zero-order valence-corrected chi connectivity index (χ0v) is 12.4. The molecule has 110 valence electrons. The molecule has 2 atom stereocenters. The van der Waals surface area contributed by atoms with Crippen molar-refractivity contribution < 1.29 is 13.2 Å². The number of nitrogens with two attached hydrogens (primary N) is 1. The van der Waals surface area contributed by atoms with Gasteiger partial charge >= 0.3 is 0 Å². The first-order valence-corrected chi connectivity index (χ1v) is 8.60. The van der Waals surface area contributed by atoms with Gasteiger partial charge in [0.25, 0.3) is 0 Å². The molecule has 2 fully saturated rings. The highest BCUT2D eigenvalue weighted by Crippen LogP contribution is 2.38. The van der Waals surface area contributed by atoms with Gasteiger partial charge in [0, 0.05) is 32.2 Å². The number of piperazine rings is 1. The van der Waals surface area contributed by atoms with E-state index in [-0.39, 0.29) is 11.9 Å². The van der Waals surface area contributed by atoms with Crippen molar-refractivity contribution in [1.82, 2.24) is 9.21 Å². The van der Waals surface area contributed by atoms with E-state index in [9.17, 15) is 13.2 Å². The summed E-state index contributed by atoms with van der Waals surface area (Å²) in [6.45, 7) is 3.64. The van der Waals surface area contributed by atoms with Gasteiger partial charge < -0.3 is 10.6 Å². The average Bonchev–Trinajstić information content (AvgIpc) is 2.69. The highest BCUT2D eigenvalue weighted by molar-refractivity contribution is 7.88. The van der Waals surface area contributed by atoms with E-state index in [1.807, 2.05) is 6.92 Å². The molecule has 2 rings (SSSR count). The lowest BCUT2D eigenvalue weighted by Crippen LogP contribution is -2.56. The fourth-order valence-corrected chi connectivity index (χ4v) is 3.87. The third kappa shape index (κ3) is 2.78. The van der Waals surface area contributed by atoms with Crippen LogP contribution >= 0.6 is 0 Å². The van der Waals surface area contributed by atoms with Gasteiger partial charge in [-0.2, -0.15) is 4.31 Å². The van der Waals surface area contributed by atoms with Gasteiger partial charge in [-0.25, -0.2) is 8.42 Å². The predicted molar refractivity (Wildman–Crippen MR) is 72.9 cm³/mol. The summed E-state index contributed by atoms with van der Waals surface area (Å²) in [4.78, 5) is 14.3. The summed E-state index contributed by atoms with van der Waals surface area (Å²) >= 11 is 0. The van der Waals surface area contributed by atoms with Gasteiger partial charge in [-0.3, -0.25) is 4.79 Å². The van der Waals surface area contributed by atoms with Gasteiger partial charge in [0.05, 0.1) is 11.7 Å². The Morgan fingerprint density at radius 3 is 2.26 bits per heavy atom. The van der Waals surface area contributed by atoms with Crippen molar-refractivity contribution in [1.29, 1.82) is 0 Å². The highest BCUT2D eigenvalue weighted by Gasteiger charge is 2.45. The van der Waals surface area contributed by atoms with Crippen LogP contribution in [0.25, 0.3) is 0 Å². The summed E-state index contributed by atoms with van der Waals surface area (Å²) < 4.78 is 24.3. The van der Waals surface area contributed by atoms with Gasteiger partial charge in [0.1, 0.15) is 0 Å². The largest absolute Gasteiger partial charge is 0.340 e. The summed E-state index contributed by atoms with van der Waals surface area (Å²) in [7, 11) is -3.15. The predicted octanol–water partition coefficient (Wildman–Crippen LogP) is -0.392. The Morgan fingerprint density at radius 1 is 1.26 bits per heavy atom. The molecule has 1 saturated heterocycles. The van der Waals surface area contributed by atoms with Gasteiger partial charge in [0.15, 0.2) is 0 Å². The van der Waals surface area contributed by atoms with Crippen molar-refractivity contribution in [3.63, 3.8) is 0 Å². The first-order valence-electron chi connectivity index (χ1n) is 6.75. The number of rotatable bonds is 2. The minimum Gasteiger partial charge on any atom is -0.340 e. The van der Waals surface area contributed by atoms with Crippen LogP contribution in [0.5, 0.6) is 0 Å². The van der Waals surface area contributed by atoms with Crippen LogP contribution in [0.15, 0.2) is 0 Å². The first kappa shape index (κ1) is 14.7. The molecule has 7 heteroatoms. The van der Waals surface area contributed by atoms with E-state index in [0.29, 0.717) is 26.2 Å². The Kier molecular flexibility index (Phi) is 3.90. The molecule has 1 aliphatic carbocycles. The number of hydrogen-bond acceptors (Lipinski definition) is 4. The molecule has 0 bridgehead atoms. The molecule has 0 radical (unpaired) electrons. The second kappa shape index (κ2) is 5.03. The van der Waals surface area contributed by atoms with Crippen LogP contribution in [-0.4, -0.2) is 62.0 Å². The zero-order valence-electron chi connectivity index (χ0n) is 11.6. The number of sulfonamides is 1. The summed E-state index contributed by atoms with van der Waals surface area (Å²) in [5, 5.41) is 0. The lowest BCUT2D eigenvalue weighted by molar-refractivity contribution is -0.142. The third-order valence-corrected chi connectivity index (χ3v) is 5.82. The second-order valence-corrected chi connectivity index (χ2v) is 7.85. The van der Waals surface area contributed by atoms with Crippen molar-refractivity contribution in [2.45, 2.75) is 32.2 Å². The van der Waals surface area contributed by atoms with Crippen molar-refractivity contribution in [2.24, 2.45) is 11.1 Å². The molecule has 6 nitrogen and oxygen atoms in total. The third-order valence-electron chi connectivity index (χ3n) is 4.51. The van der Waals surface area contributed by atoms with Crippen LogP contribution < -0.4 is 5.73 Å². The molecule has 2 aliphatic rings. The SMILES string of the molecule is CC1(C(=O)N2CCN(S(C)(=O)=O)CC2)CCCC1N. The van der Waals surface area contributed by atoms with Gasteiger partial charge in [-0.15, -0.1) is 0 Å². The van der Waals surface area contributed by atoms with E-state index in [4.69, 9.17) is 5.73 Å². The van der Waals surface area contributed by atoms with Crippen molar-refractivity contribution in [3.05, 3.63) is 0 Å². The molecule has 1 heterocycles. The van der Waals surface area contributed by atoms with Crippen LogP contribution in [0.2, 0.25) is 0 Å². The lowest BCUT2D eigenvalue weighted by Gasteiger charge is -2.39. The second-order valence-electron chi connectivity index (χ2n) is 5.87. The fourth-order valence-electron chi connectivity index (χ4n) is 3.04. The van der Waals surface area contributed by atoms with Gasteiger partial charge in [0.2, 0.25) is 15.9 Å². The summed E-state index contributed by atoms with van der Waals surface area (Å²) in [5.74, 6) is 0.0886. The van der Waals surface area contributed by atoms with Gasteiger partial charge in [-0.05, 0) is 19.8 Å². The van der Waals surface area contributed by atoms with E-state index in [0.717, 1.165) is 19.3 Å². The maximum absolute atomic E-state index is 12.6. The maximum atomic E-state index is 12.6. The molecule has 0 aromatic carbocycles. The maximum Gasteiger partial charge on any atom is 0.230 e. The molecular weight excluding hydrogens is 266 g/mol. The Hall–Kier alpha value is -0.660. The summed E-state index contributed by atoms with van der Waals surface area (Å²) in [6, 6.07) is -0.0760.